The van der Waals surface area contributed by atoms with E-state index < -0.39 is 0 Å². The lowest BCUT2D eigenvalue weighted by molar-refractivity contribution is -0.132. The van der Waals surface area contributed by atoms with Crippen LogP contribution >= 0.6 is 11.3 Å². The third-order valence-corrected chi connectivity index (χ3v) is 6.11. The van der Waals surface area contributed by atoms with Crippen molar-refractivity contribution in [1.29, 1.82) is 0 Å². The van der Waals surface area contributed by atoms with Gasteiger partial charge in [-0.15, -0.1) is 11.3 Å². The minimum atomic E-state index is -0.188. The van der Waals surface area contributed by atoms with Crippen LogP contribution in [0.3, 0.4) is 0 Å². The first-order valence-electron chi connectivity index (χ1n) is 9.38. The zero-order chi connectivity index (χ0) is 18.3. The van der Waals surface area contributed by atoms with E-state index in [1.165, 1.54) is 22.4 Å². The molecule has 4 rings (SSSR count). The Kier molecular flexibility index (Phi) is 4.56. The van der Waals surface area contributed by atoms with Crippen molar-refractivity contribution < 1.29 is 4.79 Å². The van der Waals surface area contributed by atoms with Gasteiger partial charge in [0, 0.05) is 24.4 Å². The predicted octanol–water partition coefficient (Wildman–Crippen LogP) is 2.98. The normalized spacial score (nSPS) is 15.7. The third kappa shape index (κ3) is 2.94. The zero-order valence-corrected chi connectivity index (χ0v) is 16.1. The highest BCUT2D eigenvalue weighted by molar-refractivity contribution is 7.19. The molecule has 0 radical (unpaired) electrons. The molecule has 0 aliphatic carbocycles. The number of rotatable bonds is 3. The molecule has 4 heterocycles. The van der Waals surface area contributed by atoms with Crippen LogP contribution in [-0.2, 0) is 17.8 Å². The maximum absolute atomic E-state index is 12.9. The Bertz CT molecular complexity index is 1020. The van der Waals surface area contributed by atoms with Gasteiger partial charge in [-0.05, 0) is 31.9 Å². The van der Waals surface area contributed by atoms with Gasteiger partial charge >= 0.3 is 0 Å². The smallest absolute Gasteiger partial charge is 0.291 e. The van der Waals surface area contributed by atoms with Crippen LogP contribution in [0, 0.1) is 6.92 Å². The largest absolute Gasteiger partial charge is 0.341 e. The first kappa shape index (κ1) is 17.3. The fourth-order valence-electron chi connectivity index (χ4n) is 3.80. The minimum Gasteiger partial charge on any atom is -0.341 e. The second kappa shape index (κ2) is 6.87. The Hall–Kier alpha value is -2.15. The van der Waals surface area contributed by atoms with E-state index in [0.29, 0.717) is 11.9 Å². The Morgan fingerprint density at radius 3 is 2.58 bits per heavy atom. The van der Waals surface area contributed by atoms with Crippen LogP contribution in [0.25, 0.3) is 15.7 Å². The highest BCUT2D eigenvalue weighted by Crippen LogP contribution is 2.28. The number of hydrogen-bond acceptors (Lipinski definition) is 4. The summed E-state index contributed by atoms with van der Waals surface area (Å²) in [5.74, 6) is 0.813. The third-order valence-electron chi connectivity index (χ3n) is 5.12. The fraction of sp³-hybridized carbons (Fsp3) is 0.526. The number of fused-ring (bicyclic) bond motifs is 3. The molecule has 6 nitrogen and oxygen atoms in total. The molecule has 3 aromatic heterocycles. The van der Waals surface area contributed by atoms with Crippen molar-refractivity contribution >= 4 is 33.0 Å². The number of aromatic nitrogens is 3. The predicted molar refractivity (Wildman–Crippen MR) is 104 cm³/mol. The van der Waals surface area contributed by atoms with Crippen LogP contribution in [0.4, 0.5) is 0 Å². The summed E-state index contributed by atoms with van der Waals surface area (Å²) in [5.41, 5.74) is 1.46. The molecule has 1 amide bonds. The monoisotopic (exact) mass is 372 g/mol. The number of hydrogen-bond donors (Lipinski definition) is 0. The highest BCUT2D eigenvalue weighted by atomic mass is 32.1. The molecule has 0 atom stereocenters. The van der Waals surface area contributed by atoms with E-state index in [2.05, 4.69) is 18.1 Å². The number of amides is 1. The molecule has 0 spiro atoms. The highest BCUT2D eigenvalue weighted by Gasteiger charge is 2.20. The van der Waals surface area contributed by atoms with E-state index in [9.17, 15) is 9.59 Å². The number of thiophene rings is 1. The van der Waals surface area contributed by atoms with Gasteiger partial charge in [-0.25, -0.2) is 4.68 Å². The van der Waals surface area contributed by atoms with Crippen molar-refractivity contribution in [1.82, 2.24) is 19.1 Å². The van der Waals surface area contributed by atoms with E-state index in [-0.39, 0.29) is 18.0 Å². The molecule has 138 valence electrons. The van der Waals surface area contributed by atoms with Gasteiger partial charge in [0.1, 0.15) is 17.9 Å². The van der Waals surface area contributed by atoms with Gasteiger partial charge in [-0.3, -0.25) is 14.0 Å². The zero-order valence-electron chi connectivity index (χ0n) is 15.3. The quantitative estimate of drug-likeness (QED) is 0.710. The number of carbonyl (C=O) groups is 1. The molecule has 0 saturated carbocycles. The molecule has 1 aliphatic rings. The standard InChI is InChI=1S/C19H24N4O2S/c1-3-17-20-22(12-18(24)21-8-6-4-5-7-9-21)19(25)15-11-16-14(23(15)17)10-13(2)26-16/h10-11H,3-9,12H2,1-2H3. The molecule has 26 heavy (non-hydrogen) atoms. The molecule has 0 N–H and O–H groups in total. The van der Waals surface area contributed by atoms with Crippen LogP contribution in [0.1, 0.15) is 43.3 Å². The van der Waals surface area contributed by atoms with Crippen molar-refractivity contribution in [2.75, 3.05) is 13.1 Å². The Morgan fingerprint density at radius 2 is 1.88 bits per heavy atom. The van der Waals surface area contributed by atoms with Gasteiger partial charge in [0.25, 0.3) is 5.56 Å². The van der Waals surface area contributed by atoms with Crippen molar-refractivity contribution in [2.24, 2.45) is 0 Å². The van der Waals surface area contributed by atoms with Crippen molar-refractivity contribution in [2.45, 2.75) is 52.5 Å². The summed E-state index contributed by atoms with van der Waals surface area (Å²) >= 11 is 1.68. The van der Waals surface area contributed by atoms with Gasteiger partial charge < -0.3 is 4.90 Å². The van der Waals surface area contributed by atoms with E-state index >= 15 is 0 Å². The maximum Gasteiger partial charge on any atom is 0.291 e. The van der Waals surface area contributed by atoms with E-state index in [1.54, 1.807) is 11.3 Å². The van der Waals surface area contributed by atoms with E-state index in [1.807, 2.05) is 22.3 Å². The average molecular weight is 372 g/mol. The summed E-state index contributed by atoms with van der Waals surface area (Å²) in [5, 5.41) is 4.53. The topological polar surface area (TPSA) is 59.6 Å². The summed E-state index contributed by atoms with van der Waals surface area (Å²) in [4.78, 5) is 28.7. The van der Waals surface area contributed by atoms with Gasteiger partial charge in [0.2, 0.25) is 5.91 Å². The molecule has 1 fully saturated rings. The fourth-order valence-corrected chi connectivity index (χ4v) is 4.74. The van der Waals surface area contributed by atoms with Crippen LogP contribution < -0.4 is 5.56 Å². The summed E-state index contributed by atoms with van der Waals surface area (Å²) in [6.45, 7) is 5.70. The van der Waals surface area contributed by atoms with E-state index in [4.69, 9.17) is 0 Å². The van der Waals surface area contributed by atoms with Crippen molar-refractivity contribution in [3.05, 3.63) is 33.2 Å². The van der Waals surface area contributed by atoms with Crippen LogP contribution in [0.5, 0.6) is 0 Å². The number of nitrogens with zero attached hydrogens (tertiary/aromatic N) is 4. The molecular formula is C19H24N4O2S. The summed E-state index contributed by atoms with van der Waals surface area (Å²) in [6, 6.07) is 4.03. The van der Waals surface area contributed by atoms with Crippen LogP contribution in [-0.4, -0.2) is 38.1 Å². The molecule has 1 saturated heterocycles. The molecule has 1 aliphatic heterocycles. The van der Waals surface area contributed by atoms with Crippen LogP contribution in [0.15, 0.2) is 16.9 Å². The van der Waals surface area contributed by atoms with Crippen molar-refractivity contribution in [3.8, 4) is 0 Å². The molecule has 3 aromatic rings. The van der Waals surface area contributed by atoms with Gasteiger partial charge in [-0.1, -0.05) is 19.8 Å². The lowest BCUT2D eigenvalue weighted by Crippen LogP contribution is -2.38. The lowest BCUT2D eigenvalue weighted by Gasteiger charge is -2.20. The summed E-state index contributed by atoms with van der Waals surface area (Å²) in [7, 11) is 0. The number of carbonyl (C=O) groups excluding carboxylic acids is 1. The Balaban J connectivity index is 1.74. The first-order chi connectivity index (χ1) is 12.6. The summed E-state index contributed by atoms with van der Waals surface area (Å²) < 4.78 is 4.40. The number of likely N-dealkylation sites (tertiary alicyclic amines) is 1. The van der Waals surface area contributed by atoms with Gasteiger partial charge in [0.05, 0.1) is 10.2 Å². The average Bonchev–Trinajstić information content (AvgIpc) is 3.01. The number of aryl methyl sites for hydroxylation is 2. The van der Waals surface area contributed by atoms with Crippen molar-refractivity contribution in [3.63, 3.8) is 0 Å². The second-order valence-corrected chi connectivity index (χ2v) is 8.29. The Morgan fingerprint density at radius 1 is 1.15 bits per heavy atom. The molecule has 0 aromatic carbocycles. The van der Waals surface area contributed by atoms with E-state index in [0.717, 1.165) is 42.0 Å². The second-order valence-electron chi connectivity index (χ2n) is 7.00. The molecule has 0 bridgehead atoms. The van der Waals surface area contributed by atoms with Gasteiger partial charge in [0.15, 0.2) is 0 Å². The Labute approximate surface area is 156 Å². The summed E-state index contributed by atoms with van der Waals surface area (Å²) in [6.07, 6.45) is 5.14. The lowest BCUT2D eigenvalue weighted by atomic mass is 10.2. The molecular weight excluding hydrogens is 348 g/mol. The molecule has 0 unspecified atom stereocenters. The first-order valence-corrected chi connectivity index (χ1v) is 10.2. The SMILES string of the molecule is CCc1nn(CC(=O)N2CCCCCC2)c(=O)c2cc3sc(C)cc3n12. The van der Waals surface area contributed by atoms with Gasteiger partial charge in [-0.2, -0.15) is 5.10 Å². The van der Waals surface area contributed by atoms with Crippen LogP contribution in [0.2, 0.25) is 0 Å². The maximum atomic E-state index is 12.9. The molecule has 7 heteroatoms. The minimum absolute atomic E-state index is 0.00267.